The van der Waals surface area contributed by atoms with Crippen LogP contribution in [0.2, 0.25) is 0 Å². The number of methoxy groups -OCH3 is 1. The Bertz CT molecular complexity index is 1440. The number of nitriles is 1. The number of para-hydroxylation sites is 1. The zero-order valence-corrected chi connectivity index (χ0v) is 19.3. The van der Waals surface area contributed by atoms with Crippen LogP contribution in [0.25, 0.3) is 10.9 Å². The molecule has 0 N–H and O–H groups in total. The van der Waals surface area contributed by atoms with E-state index >= 15 is 0 Å². The molecule has 0 aliphatic heterocycles. The number of hydrogen-bond donors (Lipinski definition) is 0. The van der Waals surface area contributed by atoms with E-state index in [-0.39, 0.29) is 11.3 Å². The van der Waals surface area contributed by atoms with E-state index in [0.29, 0.717) is 16.1 Å². The van der Waals surface area contributed by atoms with Gasteiger partial charge in [-0.15, -0.1) is 0 Å². The van der Waals surface area contributed by atoms with Gasteiger partial charge < -0.3 is 4.74 Å². The van der Waals surface area contributed by atoms with Gasteiger partial charge in [-0.3, -0.25) is 4.79 Å². The van der Waals surface area contributed by atoms with Crippen molar-refractivity contribution in [3.63, 3.8) is 0 Å². The van der Waals surface area contributed by atoms with Crippen LogP contribution >= 0.6 is 11.8 Å². The fraction of sp³-hybridized carbons (Fsp3) is 0.120. The first-order valence-corrected chi connectivity index (χ1v) is 12.4. The lowest BCUT2D eigenvalue weighted by atomic mass is 10.1. The number of nitrogens with zero attached hydrogens (tertiary/aromatic N) is 2. The lowest BCUT2D eigenvalue weighted by Gasteiger charge is -2.15. The Morgan fingerprint density at radius 2 is 1.61 bits per heavy atom. The minimum Gasteiger partial charge on any atom is -0.468 e. The van der Waals surface area contributed by atoms with E-state index in [2.05, 4.69) is 0 Å². The molecule has 8 heteroatoms. The third-order valence-electron chi connectivity index (χ3n) is 5.16. The van der Waals surface area contributed by atoms with Crippen LogP contribution in [0.3, 0.4) is 0 Å². The summed E-state index contributed by atoms with van der Waals surface area (Å²) >= 11 is 1.40. The standard InChI is InChI=1S/C25H20N2O4S2/c1-31-25(28)18(17-26)16-23-24(32-19-10-4-2-5-11-19)21-14-8-9-15-22(21)27(23)33(29,30)20-12-6-3-7-13-20/h2-15,18H,16H2,1H3. The van der Waals surface area contributed by atoms with Gasteiger partial charge in [-0.1, -0.05) is 66.4 Å². The third-order valence-corrected chi connectivity index (χ3v) is 8.09. The molecular weight excluding hydrogens is 456 g/mol. The van der Waals surface area contributed by atoms with Crippen LogP contribution in [0, 0.1) is 17.2 Å². The molecule has 1 unspecified atom stereocenters. The maximum absolute atomic E-state index is 13.8. The quantitative estimate of drug-likeness (QED) is 0.353. The molecule has 0 aliphatic rings. The van der Waals surface area contributed by atoms with Gasteiger partial charge in [0.1, 0.15) is 5.92 Å². The summed E-state index contributed by atoms with van der Waals surface area (Å²) in [6.45, 7) is 0. The molecule has 0 amide bonds. The zero-order chi connectivity index (χ0) is 23.4. The number of fused-ring (bicyclic) bond motifs is 1. The van der Waals surface area contributed by atoms with Gasteiger partial charge in [-0.25, -0.2) is 12.4 Å². The Kier molecular flexibility index (Phi) is 6.54. The number of hydrogen-bond acceptors (Lipinski definition) is 6. The molecule has 33 heavy (non-hydrogen) atoms. The topological polar surface area (TPSA) is 89.2 Å². The normalized spacial score (nSPS) is 12.2. The molecule has 0 saturated carbocycles. The largest absolute Gasteiger partial charge is 0.468 e. The van der Waals surface area contributed by atoms with E-state index in [1.165, 1.54) is 35.0 Å². The smallest absolute Gasteiger partial charge is 0.323 e. The van der Waals surface area contributed by atoms with Gasteiger partial charge >= 0.3 is 5.97 Å². The second kappa shape index (κ2) is 9.53. The average molecular weight is 477 g/mol. The summed E-state index contributed by atoms with van der Waals surface area (Å²) in [5, 5.41) is 10.4. The monoisotopic (exact) mass is 476 g/mol. The number of esters is 1. The Morgan fingerprint density at radius 1 is 1.00 bits per heavy atom. The first-order chi connectivity index (χ1) is 16.0. The molecule has 3 aromatic carbocycles. The van der Waals surface area contributed by atoms with Gasteiger partial charge in [0, 0.05) is 21.6 Å². The van der Waals surface area contributed by atoms with Crippen LogP contribution in [0.5, 0.6) is 0 Å². The van der Waals surface area contributed by atoms with Crippen LogP contribution in [0.1, 0.15) is 5.69 Å². The molecule has 0 aliphatic carbocycles. The predicted molar refractivity (Wildman–Crippen MR) is 126 cm³/mol. The van der Waals surface area contributed by atoms with Crippen LogP contribution in [-0.2, 0) is 26.0 Å². The van der Waals surface area contributed by atoms with Gasteiger partial charge in [-0.2, -0.15) is 5.26 Å². The van der Waals surface area contributed by atoms with Gasteiger partial charge in [0.25, 0.3) is 10.0 Å². The highest BCUT2D eigenvalue weighted by Gasteiger charge is 2.31. The molecule has 0 saturated heterocycles. The molecule has 0 bridgehead atoms. The Balaban J connectivity index is 2.02. The molecule has 0 spiro atoms. The molecule has 0 radical (unpaired) electrons. The summed E-state index contributed by atoms with van der Waals surface area (Å²) in [5.74, 6) is -1.86. The molecule has 4 aromatic rings. The van der Waals surface area contributed by atoms with Crippen LogP contribution < -0.4 is 0 Å². The molecule has 166 valence electrons. The summed E-state index contributed by atoms with van der Waals surface area (Å²) in [6.07, 6.45) is -0.112. The lowest BCUT2D eigenvalue weighted by molar-refractivity contribution is -0.143. The second-order valence-electron chi connectivity index (χ2n) is 7.20. The van der Waals surface area contributed by atoms with Crippen molar-refractivity contribution >= 4 is 38.7 Å². The first-order valence-electron chi connectivity index (χ1n) is 10.1. The van der Waals surface area contributed by atoms with E-state index < -0.39 is 21.9 Å². The number of benzene rings is 3. The number of carbonyl (C=O) groups is 1. The van der Waals surface area contributed by atoms with Gasteiger partial charge in [0.05, 0.1) is 29.3 Å². The van der Waals surface area contributed by atoms with Crippen LogP contribution in [0.4, 0.5) is 0 Å². The second-order valence-corrected chi connectivity index (χ2v) is 10.1. The third kappa shape index (κ3) is 4.38. The maximum atomic E-state index is 13.8. The Morgan fingerprint density at radius 3 is 2.24 bits per heavy atom. The van der Waals surface area contributed by atoms with Gasteiger partial charge in [-0.05, 0) is 30.3 Å². The number of ether oxygens (including phenoxy) is 1. The summed E-state index contributed by atoms with van der Waals surface area (Å²) in [5.41, 5.74) is 0.849. The van der Waals surface area contributed by atoms with Crippen molar-refractivity contribution < 1.29 is 17.9 Å². The highest BCUT2D eigenvalue weighted by atomic mass is 32.2. The van der Waals surface area contributed by atoms with Crippen LogP contribution in [0.15, 0.2) is 99.6 Å². The van der Waals surface area contributed by atoms with E-state index in [4.69, 9.17) is 4.74 Å². The van der Waals surface area contributed by atoms with Gasteiger partial charge in [0.2, 0.25) is 0 Å². The molecular formula is C25H20N2O4S2. The Labute approximate surface area is 196 Å². The minimum atomic E-state index is -4.01. The molecule has 1 heterocycles. The first kappa shape index (κ1) is 22.6. The van der Waals surface area contributed by atoms with Crippen molar-refractivity contribution in [1.82, 2.24) is 3.97 Å². The number of aromatic nitrogens is 1. The summed E-state index contributed by atoms with van der Waals surface area (Å²) in [4.78, 5) is 14.0. The molecule has 0 fully saturated rings. The fourth-order valence-corrected chi connectivity index (χ4v) is 6.37. The maximum Gasteiger partial charge on any atom is 0.323 e. The molecule has 4 rings (SSSR count). The number of carbonyl (C=O) groups excluding carboxylic acids is 1. The molecule has 6 nitrogen and oxygen atoms in total. The summed E-state index contributed by atoms with van der Waals surface area (Å²) < 4.78 is 33.6. The van der Waals surface area contributed by atoms with Crippen molar-refractivity contribution in [2.75, 3.05) is 7.11 Å². The summed E-state index contributed by atoms with van der Waals surface area (Å²) in [6, 6.07) is 26.8. The Hall–Kier alpha value is -3.54. The highest BCUT2D eigenvalue weighted by Crippen LogP contribution is 2.41. The predicted octanol–water partition coefficient (Wildman–Crippen LogP) is 4.88. The highest BCUT2D eigenvalue weighted by molar-refractivity contribution is 7.99. The van der Waals surface area contributed by atoms with E-state index in [1.54, 1.807) is 30.3 Å². The zero-order valence-electron chi connectivity index (χ0n) is 17.7. The number of rotatable bonds is 7. The van der Waals surface area contributed by atoms with Crippen molar-refractivity contribution in [2.45, 2.75) is 21.1 Å². The minimum absolute atomic E-state index is 0.112. The lowest BCUT2D eigenvalue weighted by Crippen LogP contribution is -2.22. The van der Waals surface area contributed by atoms with Crippen molar-refractivity contribution in [3.8, 4) is 6.07 Å². The van der Waals surface area contributed by atoms with Crippen molar-refractivity contribution in [1.29, 1.82) is 5.26 Å². The van der Waals surface area contributed by atoms with E-state index in [0.717, 1.165) is 10.3 Å². The van der Waals surface area contributed by atoms with Crippen LogP contribution in [-0.4, -0.2) is 25.5 Å². The molecule has 1 atom stereocenters. The van der Waals surface area contributed by atoms with Crippen molar-refractivity contribution in [2.24, 2.45) is 5.92 Å². The summed E-state index contributed by atoms with van der Waals surface area (Å²) in [7, 11) is -2.80. The van der Waals surface area contributed by atoms with E-state index in [9.17, 15) is 18.5 Å². The fourth-order valence-electron chi connectivity index (χ4n) is 3.62. The van der Waals surface area contributed by atoms with Gasteiger partial charge in [0.15, 0.2) is 0 Å². The average Bonchev–Trinajstić information content (AvgIpc) is 3.16. The van der Waals surface area contributed by atoms with Crippen molar-refractivity contribution in [3.05, 3.63) is 90.6 Å². The SMILES string of the molecule is COC(=O)C(C#N)Cc1c(Sc2ccccc2)c2ccccc2n1S(=O)(=O)c1ccccc1. The molecule has 1 aromatic heterocycles. The van der Waals surface area contributed by atoms with E-state index in [1.807, 2.05) is 48.5 Å².